The Kier molecular flexibility index (Phi) is 5.62. The molecular formula is C21H28N6O2. The van der Waals surface area contributed by atoms with Gasteiger partial charge in [0.05, 0.1) is 18.7 Å². The summed E-state index contributed by atoms with van der Waals surface area (Å²) < 4.78 is 7.31. The molecule has 8 nitrogen and oxygen atoms in total. The molecule has 0 saturated carbocycles. The van der Waals surface area contributed by atoms with E-state index in [4.69, 9.17) is 4.52 Å². The van der Waals surface area contributed by atoms with E-state index in [0.717, 1.165) is 48.8 Å². The van der Waals surface area contributed by atoms with Gasteiger partial charge in [0, 0.05) is 44.5 Å². The lowest BCUT2D eigenvalue weighted by molar-refractivity contribution is -0.130. The minimum atomic E-state index is 0.150. The summed E-state index contributed by atoms with van der Waals surface area (Å²) in [5.41, 5.74) is 2.96. The summed E-state index contributed by atoms with van der Waals surface area (Å²) >= 11 is 0. The third-order valence-corrected chi connectivity index (χ3v) is 5.42. The van der Waals surface area contributed by atoms with Crippen LogP contribution in [0.2, 0.25) is 0 Å². The Hall–Kier alpha value is -2.74. The molecule has 0 unspecified atom stereocenters. The van der Waals surface area contributed by atoms with Crippen LogP contribution in [0.5, 0.6) is 0 Å². The Labute approximate surface area is 170 Å². The largest absolute Gasteiger partial charge is 0.341 e. The molecule has 29 heavy (non-hydrogen) atoms. The molecule has 3 aromatic rings. The van der Waals surface area contributed by atoms with Gasteiger partial charge >= 0.3 is 0 Å². The molecule has 4 rings (SSSR count). The van der Waals surface area contributed by atoms with Gasteiger partial charge < -0.3 is 13.8 Å². The van der Waals surface area contributed by atoms with Crippen molar-refractivity contribution >= 4 is 11.6 Å². The Morgan fingerprint density at radius 2 is 2.10 bits per heavy atom. The fourth-order valence-corrected chi connectivity index (χ4v) is 3.74. The van der Waals surface area contributed by atoms with E-state index in [-0.39, 0.29) is 11.8 Å². The van der Waals surface area contributed by atoms with Crippen molar-refractivity contribution in [2.75, 3.05) is 26.2 Å². The Morgan fingerprint density at radius 3 is 2.90 bits per heavy atom. The van der Waals surface area contributed by atoms with Crippen LogP contribution in [0.25, 0.3) is 5.65 Å². The number of aryl methyl sites for hydroxylation is 1. The Balaban J connectivity index is 1.36. The number of pyridine rings is 1. The lowest BCUT2D eigenvalue weighted by Crippen LogP contribution is -2.36. The van der Waals surface area contributed by atoms with Crippen LogP contribution in [0.3, 0.4) is 0 Å². The second kappa shape index (κ2) is 8.32. The number of amides is 1. The van der Waals surface area contributed by atoms with E-state index in [0.29, 0.717) is 25.4 Å². The van der Waals surface area contributed by atoms with Crippen LogP contribution >= 0.6 is 0 Å². The summed E-state index contributed by atoms with van der Waals surface area (Å²) in [6, 6.07) is 4.02. The van der Waals surface area contributed by atoms with Crippen molar-refractivity contribution < 1.29 is 9.32 Å². The quantitative estimate of drug-likeness (QED) is 0.659. The van der Waals surface area contributed by atoms with Crippen molar-refractivity contribution in [3.8, 4) is 0 Å². The van der Waals surface area contributed by atoms with Gasteiger partial charge in [0.15, 0.2) is 5.82 Å². The lowest BCUT2D eigenvalue weighted by atomic mass is 10.2. The second-order valence-electron chi connectivity index (χ2n) is 8.03. The first kappa shape index (κ1) is 19.6. The minimum absolute atomic E-state index is 0.150. The van der Waals surface area contributed by atoms with Gasteiger partial charge in [-0.3, -0.25) is 9.69 Å². The number of carbonyl (C=O) groups excluding carboxylic acids is 1. The highest BCUT2D eigenvalue weighted by atomic mass is 16.5. The molecule has 1 amide bonds. The van der Waals surface area contributed by atoms with E-state index in [1.54, 1.807) is 0 Å². The molecule has 1 aliphatic heterocycles. The number of carbonyl (C=O) groups is 1. The van der Waals surface area contributed by atoms with E-state index >= 15 is 0 Å². The van der Waals surface area contributed by atoms with Crippen LogP contribution in [0.15, 0.2) is 29.0 Å². The van der Waals surface area contributed by atoms with Crippen LogP contribution in [0.4, 0.5) is 0 Å². The molecule has 0 aliphatic carbocycles. The smallest absolute Gasteiger partial charge is 0.229 e. The maximum Gasteiger partial charge on any atom is 0.229 e. The van der Waals surface area contributed by atoms with Gasteiger partial charge in [-0.1, -0.05) is 25.1 Å². The molecule has 1 fully saturated rings. The number of nitrogens with zero attached hydrogens (tertiary/aromatic N) is 6. The van der Waals surface area contributed by atoms with Crippen LogP contribution in [0.1, 0.15) is 49.2 Å². The van der Waals surface area contributed by atoms with Gasteiger partial charge in [-0.05, 0) is 25.0 Å². The van der Waals surface area contributed by atoms with E-state index in [1.165, 1.54) is 0 Å². The van der Waals surface area contributed by atoms with Gasteiger partial charge in [0.2, 0.25) is 11.8 Å². The Bertz CT molecular complexity index is 992. The van der Waals surface area contributed by atoms with E-state index in [2.05, 4.69) is 20.0 Å². The molecule has 8 heteroatoms. The standard InChI is InChI=1S/C21H28N6O2/c1-15(2)21-23-18(24-29-21)14-25-7-5-8-26(11-10-25)19(28)12-17-13-22-20-16(3)6-4-9-27(17)20/h4,6,9,13,15H,5,7-8,10-12,14H2,1-3H3. The molecule has 0 N–H and O–H groups in total. The molecule has 3 aromatic heterocycles. The van der Waals surface area contributed by atoms with Gasteiger partial charge in [0.25, 0.3) is 0 Å². The summed E-state index contributed by atoms with van der Waals surface area (Å²) in [5.74, 6) is 1.78. The molecular weight excluding hydrogens is 368 g/mol. The SMILES string of the molecule is Cc1cccn2c(CC(=O)N3CCCN(Cc4noc(C(C)C)n4)CC3)cnc12. The van der Waals surface area contributed by atoms with Crippen molar-refractivity contribution in [2.45, 2.75) is 46.1 Å². The van der Waals surface area contributed by atoms with Gasteiger partial charge in [-0.25, -0.2) is 4.98 Å². The maximum absolute atomic E-state index is 12.9. The number of fused-ring (bicyclic) bond motifs is 1. The first-order chi connectivity index (χ1) is 14.0. The van der Waals surface area contributed by atoms with Gasteiger partial charge in [-0.2, -0.15) is 4.98 Å². The third kappa shape index (κ3) is 4.32. The third-order valence-electron chi connectivity index (χ3n) is 5.42. The molecule has 154 valence electrons. The minimum Gasteiger partial charge on any atom is -0.341 e. The maximum atomic E-state index is 12.9. The summed E-state index contributed by atoms with van der Waals surface area (Å²) in [5, 5.41) is 4.08. The number of imidazole rings is 1. The second-order valence-corrected chi connectivity index (χ2v) is 8.03. The lowest BCUT2D eigenvalue weighted by Gasteiger charge is -2.21. The van der Waals surface area contributed by atoms with Crippen molar-refractivity contribution in [2.24, 2.45) is 0 Å². The van der Waals surface area contributed by atoms with Crippen molar-refractivity contribution in [1.29, 1.82) is 0 Å². The highest BCUT2D eigenvalue weighted by Gasteiger charge is 2.22. The number of rotatable bonds is 5. The number of hydrogen-bond donors (Lipinski definition) is 0. The predicted octanol–water partition coefficient (Wildman–Crippen LogP) is 2.43. The average molecular weight is 396 g/mol. The molecule has 1 saturated heterocycles. The van der Waals surface area contributed by atoms with Crippen LogP contribution in [0, 0.1) is 6.92 Å². The normalized spacial score (nSPS) is 15.9. The summed E-state index contributed by atoms with van der Waals surface area (Å²) in [6.07, 6.45) is 5.09. The highest BCUT2D eigenvalue weighted by Crippen LogP contribution is 2.15. The molecule has 1 aliphatic rings. The number of aromatic nitrogens is 4. The molecule has 0 radical (unpaired) electrons. The van der Waals surface area contributed by atoms with Crippen molar-refractivity contribution in [1.82, 2.24) is 29.3 Å². The molecule has 0 bridgehead atoms. The van der Waals surface area contributed by atoms with E-state index in [9.17, 15) is 4.79 Å². The van der Waals surface area contributed by atoms with Gasteiger partial charge in [-0.15, -0.1) is 0 Å². The van der Waals surface area contributed by atoms with Crippen LogP contribution in [-0.2, 0) is 17.8 Å². The zero-order valence-electron chi connectivity index (χ0n) is 17.3. The fourth-order valence-electron chi connectivity index (χ4n) is 3.74. The molecule has 4 heterocycles. The summed E-state index contributed by atoms with van der Waals surface area (Å²) in [6.45, 7) is 9.98. The monoisotopic (exact) mass is 396 g/mol. The zero-order valence-corrected chi connectivity index (χ0v) is 17.3. The fraction of sp³-hybridized carbons (Fsp3) is 0.524. The van der Waals surface area contributed by atoms with E-state index in [1.807, 2.05) is 54.6 Å². The zero-order chi connectivity index (χ0) is 20.4. The first-order valence-corrected chi connectivity index (χ1v) is 10.3. The topological polar surface area (TPSA) is 79.8 Å². The molecule has 0 atom stereocenters. The van der Waals surface area contributed by atoms with Crippen LogP contribution < -0.4 is 0 Å². The summed E-state index contributed by atoms with van der Waals surface area (Å²) in [4.78, 5) is 26.1. The number of hydrogen-bond acceptors (Lipinski definition) is 6. The van der Waals surface area contributed by atoms with Crippen molar-refractivity contribution in [3.05, 3.63) is 47.5 Å². The van der Waals surface area contributed by atoms with Crippen LogP contribution in [-0.4, -0.2) is 61.4 Å². The predicted molar refractivity (Wildman–Crippen MR) is 108 cm³/mol. The highest BCUT2D eigenvalue weighted by molar-refractivity contribution is 5.78. The average Bonchev–Trinajstić information content (AvgIpc) is 3.25. The first-order valence-electron chi connectivity index (χ1n) is 10.3. The molecule has 0 spiro atoms. The Morgan fingerprint density at radius 1 is 1.24 bits per heavy atom. The van der Waals surface area contributed by atoms with E-state index < -0.39 is 0 Å². The van der Waals surface area contributed by atoms with Gasteiger partial charge in [0.1, 0.15) is 5.65 Å². The summed E-state index contributed by atoms with van der Waals surface area (Å²) in [7, 11) is 0. The molecule has 0 aromatic carbocycles. The van der Waals surface area contributed by atoms with Crippen molar-refractivity contribution in [3.63, 3.8) is 0 Å².